The maximum atomic E-state index is 11.4. The third kappa shape index (κ3) is 2.73. The van der Waals surface area contributed by atoms with E-state index in [-0.39, 0.29) is 24.8 Å². The first-order chi connectivity index (χ1) is 10.6. The Morgan fingerprint density at radius 2 is 1.25 bits per heavy atom. The molecule has 24 heavy (non-hydrogen) atoms. The van der Waals surface area contributed by atoms with Gasteiger partial charge in [0.05, 0.1) is 11.3 Å². The van der Waals surface area contributed by atoms with Crippen LogP contribution in [0, 0.1) is 0 Å². The summed E-state index contributed by atoms with van der Waals surface area (Å²) < 4.78 is 0. The zero-order chi connectivity index (χ0) is 15.3. The van der Waals surface area contributed by atoms with Gasteiger partial charge in [-0.15, -0.1) is 24.8 Å². The van der Waals surface area contributed by atoms with Crippen molar-refractivity contribution >= 4 is 68.7 Å². The summed E-state index contributed by atoms with van der Waals surface area (Å²) in [7, 11) is 0. The van der Waals surface area contributed by atoms with Crippen LogP contribution in [0.1, 0.15) is 10.4 Å². The number of benzene rings is 4. The van der Waals surface area contributed by atoms with Crippen LogP contribution < -0.4 is 11.5 Å². The van der Waals surface area contributed by atoms with Gasteiger partial charge in [-0.2, -0.15) is 0 Å². The van der Waals surface area contributed by atoms with E-state index in [2.05, 4.69) is 30.3 Å². The van der Waals surface area contributed by atoms with Crippen molar-refractivity contribution in [2.45, 2.75) is 0 Å². The lowest BCUT2D eigenvalue weighted by Crippen LogP contribution is -2.13. The molecule has 0 saturated carbocycles. The quantitative estimate of drug-likeness (QED) is 0.383. The first kappa shape index (κ1) is 17.9. The van der Waals surface area contributed by atoms with E-state index < -0.39 is 5.91 Å². The summed E-state index contributed by atoms with van der Waals surface area (Å²) in [5, 5.41) is 6.50. The van der Waals surface area contributed by atoms with Gasteiger partial charge in [0.25, 0.3) is 5.91 Å². The second-order valence-corrected chi connectivity index (χ2v) is 5.51. The molecule has 4 N–H and O–H groups in total. The van der Waals surface area contributed by atoms with Crippen LogP contribution in [0.2, 0.25) is 0 Å². The topological polar surface area (TPSA) is 69.1 Å². The number of nitrogen functional groups attached to an aromatic ring is 1. The molecular formula is C19H16Cl2N2O. The van der Waals surface area contributed by atoms with E-state index in [4.69, 9.17) is 11.5 Å². The van der Waals surface area contributed by atoms with Gasteiger partial charge in [-0.25, -0.2) is 0 Å². The van der Waals surface area contributed by atoms with Crippen LogP contribution in [0.15, 0.2) is 60.7 Å². The first-order valence-electron chi connectivity index (χ1n) is 7.08. The van der Waals surface area contributed by atoms with Crippen LogP contribution >= 0.6 is 24.8 Å². The van der Waals surface area contributed by atoms with E-state index in [9.17, 15) is 4.79 Å². The highest BCUT2D eigenvalue weighted by Crippen LogP contribution is 2.31. The van der Waals surface area contributed by atoms with Gasteiger partial charge in [0, 0.05) is 5.39 Å². The standard InChI is InChI=1S/C19H14N2O.2ClH/c20-18-16(19(21)22)6-5-13-9-14-7-11-3-1-2-4-12(11)8-15(14)10-17(13)18;;/h1-10H,20H2,(H2,21,22);2*1H. The normalized spacial score (nSPS) is 10.3. The van der Waals surface area contributed by atoms with Crippen molar-refractivity contribution in [1.82, 2.24) is 0 Å². The molecule has 0 heterocycles. The largest absolute Gasteiger partial charge is 0.398 e. The number of amides is 1. The molecule has 0 bridgehead atoms. The summed E-state index contributed by atoms with van der Waals surface area (Å²) in [6.45, 7) is 0. The Morgan fingerprint density at radius 1 is 0.708 bits per heavy atom. The van der Waals surface area contributed by atoms with Gasteiger partial charge in [-0.05, 0) is 57.3 Å². The van der Waals surface area contributed by atoms with Crippen molar-refractivity contribution < 1.29 is 4.79 Å². The van der Waals surface area contributed by atoms with Gasteiger partial charge >= 0.3 is 0 Å². The second kappa shape index (κ2) is 6.56. The number of fused-ring (bicyclic) bond motifs is 3. The number of anilines is 1. The Hall–Kier alpha value is -2.49. The van der Waals surface area contributed by atoms with Crippen LogP contribution in [0.5, 0.6) is 0 Å². The van der Waals surface area contributed by atoms with Gasteiger partial charge in [-0.1, -0.05) is 30.3 Å². The summed E-state index contributed by atoms with van der Waals surface area (Å²) in [5.74, 6) is -0.502. The predicted octanol–water partition coefficient (Wildman–Crippen LogP) is 4.67. The molecule has 0 unspecified atom stereocenters. The molecule has 4 aromatic rings. The van der Waals surface area contributed by atoms with E-state index in [0.717, 1.165) is 21.5 Å². The molecule has 5 heteroatoms. The van der Waals surface area contributed by atoms with Crippen LogP contribution in [-0.2, 0) is 0 Å². The fraction of sp³-hybridized carbons (Fsp3) is 0. The zero-order valence-electron chi connectivity index (χ0n) is 12.7. The average Bonchev–Trinajstić information content (AvgIpc) is 2.51. The van der Waals surface area contributed by atoms with Crippen molar-refractivity contribution in [3.63, 3.8) is 0 Å². The molecule has 0 fully saturated rings. The number of carbonyl (C=O) groups excluding carboxylic acids is 1. The molecule has 122 valence electrons. The Kier molecular flexibility index (Phi) is 4.88. The van der Waals surface area contributed by atoms with Crippen molar-refractivity contribution in [1.29, 1.82) is 0 Å². The Bertz CT molecular complexity index is 1080. The number of halogens is 2. The molecule has 0 atom stereocenters. The minimum atomic E-state index is -0.502. The van der Waals surface area contributed by atoms with E-state index >= 15 is 0 Å². The number of rotatable bonds is 1. The van der Waals surface area contributed by atoms with Crippen molar-refractivity contribution in [2.75, 3.05) is 5.73 Å². The van der Waals surface area contributed by atoms with E-state index in [1.54, 1.807) is 6.07 Å². The monoisotopic (exact) mass is 358 g/mol. The van der Waals surface area contributed by atoms with Gasteiger partial charge in [0.15, 0.2) is 0 Å². The molecule has 0 radical (unpaired) electrons. The van der Waals surface area contributed by atoms with E-state index in [1.807, 2.05) is 24.3 Å². The lowest BCUT2D eigenvalue weighted by Gasteiger charge is -2.09. The average molecular weight is 359 g/mol. The fourth-order valence-corrected chi connectivity index (χ4v) is 3.00. The van der Waals surface area contributed by atoms with Crippen molar-refractivity contribution in [3.8, 4) is 0 Å². The highest BCUT2D eigenvalue weighted by atomic mass is 35.5. The SMILES string of the molecule is Cl.Cl.NC(=O)c1ccc2cc3cc4ccccc4cc3cc2c1N. The predicted molar refractivity (Wildman–Crippen MR) is 106 cm³/mol. The molecular weight excluding hydrogens is 343 g/mol. The van der Waals surface area contributed by atoms with Crippen LogP contribution in [0.3, 0.4) is 0 Å². The van der Waals surface area contributed by atoms with Crippen LogP contribution in [0.25, 0.3) is 32.3 Å². The van der Waals surface area contributed by atoms with Crippen molar-refractivity contribution in [3.05, 3.63) is 66.2 Å². The number of primary amides is 1. The molecule has 0 aliphatic rings. The summed E-state index contributed by atoms with van der Waals surface area (Å²) in [6.07, 6.45) is 0. The van der Waals surface area contributed by atoms with Crippen LogP contribution in [0.4, 0.5) is 5.69 Å². The molecule has 1 amide bonds. The van der Waals surface area contributed by atoms with E-state index in [1.165, 1.54) is 10.8 Å². The number of carbonyl (C=O) groups is 1. The van der Waals surface area contributed by atoms with Gasteiger partial charge in [-0.3, -0.25) is 4.79 Å². The highest BCUT2D eigenvalue weighted by Gasteiger charge is 2.10. The van der Waals surface area contributed by atoms with Gasteiger partial charge in [0.1, 0.15) is 0 Å². The molecule has 4 aromatic carbocycles. The number of nitrogens with two attached hydrogens (primary N) is 2. The highest BCUT2D eigenvalue weighted by molar-refractivity contribution is 6.12. The Morgan fingerprint density at radius 3 is 1.83 bits per heavy atom. The van der Waals surface area contributed by atoms with Gasteiger partial charge in [0.2, 0.25) is 0 Å². The minimum Gasteiger partial charge on any atom is -0.398 e. The molecule has 3 nitrogen and oxygen atoms in total. The smallest absolute Gasteiger partial charge is 0.250 e. The third-order valence-corrected chi connectivity index (χ3v) is 4.15. The van der Waals surface area contributed by atoms with E-state index in [0.29, 0.717) is 11.3 Å². The fourth-order valence-electron chi connectivity index (χ4n) is 3.00. The molecule has 0 aliphatic carbocycles. The molecule has 0 spiro atoms. The number of hydrogen-bond donors (Lipinski definition) is 2. The maximum Gasteiger partial charge on any atom is 0.250 e. The second-order valence-electron chi connectivity index (χ2n) is 5.51. The lowest BCUT2D eigenvalue weighted by molar-refractivity contribution is 0.100. The molecule has 0 aromatic heterocycles. The minimum absolute atomic E-state index is 0. The molecule has 0 saturated heterocycles. The zero-order valence-corrected chi connectivity index (χ0v) is 14.3. The Labute approximate surface area is 151 Å². The summed E-state index contributed by atoms with van der Waals surface area (Å²) in [5.41, 5.74) is 12.3. The number of hydrogen-bond acceptors (Lipinski definition) is 2. The Balaban J connectivity index is 0.00000104. The van der Waals surface area contributed by atoms with Crippen molar-refractivity contribution in [2.24, 2.45) is 5.73 Å². The molecule has 0 aliphatic heterocycles. The summed E-state index contributed by atoms with van der Waals surface area (Å²) >= 11 is 0. The maximum absolute atomic E-state index is 11.4. The lowest BCUT2D eigenvalue weighted by atomic mass is 9.97. The van der Waals surface area contributed by atoms with Crippen LogP contribution in [-0.4, -0.2) is 5.91 Å². The first-order valence-corrected chi connectivity index (χ1v) is 7.08. The summed E-state index contributed by atoms with van der Waals surface area (Å²) in [6, 6.07) is 20.2. The third-order valence-electron chi connectivity index (χ3n) is 4.15. The molecule has 4 rings (SSSR count). The summed E-state index contributed by atoms with van der Waals surface area (Å²) in [4.78, 5) is 11.4. The van der Waals surface area contributed by atoms with Gasteiger partial charge < -0.3 is 11.5 Å².